The van der Waals surface area contributed by atoms with Crippen molar-refractivity contribution in [3.05, 3.63) is 59.0 Å². The van der Waals surface area contributed by atoms with Gasteiger partial charge in [-0.05, 0) is 43.2 Å². The lowest BCUT2D eigenvalue weighted by Gasteiger charge is -2.15. The van der Waals surface area contributed by atoms with Crippen LogP contribution < -0.4 is 10.1 Å². The van der Waals surface area contributed by atoms with Crippen LogP contribution in [-0.4, -0.2) is 30.8 Å². The van der Waals surface area contributed by atoms with Gasteiger partial charge in [0.1, 0.15) is 18.1 Å². The van der Waals surface area contributed by atoms with Gasteiger partial charge >= 0.3 is 0 Å². The van der Waals surface area contributed by atoms with E-state index >= 15 is 0 Å². The fourth-order valence-corrected chi connectivity index (χ4v) is 3.45. The van der Waals surface area contributed by atoms with Crippen LogP contribution in [0.15, 0.2) is 40.9 Å². The molecule has 1 atom stereocenters. The van der Waals surface area contributed by atoms with E-state index in [-0.39, 0.29) is 5.91 Å². The van der Waals surface area contributed by atoms with Gasteiger partial charge in [-0.2, -0.15) is 0 Å². The molecule has 28 heavy (non-hydrogen) atoms. The summed E-state index contributed by atoms with van der Waals surface area (Å²) in [5.74, 6) is 1.52. The number of aryl methyl sites for hydroxylation is 2. The van der Waals surface area contributed by atoms with E-state index in [0.717, 1.165) is 40.8 Å². The average Bonchev–Trinajstić information content (AvgIpc) is 3.34. The standard InChI is InChI=1S/C22H24N2O4/c1-14-20(15(2)28-24-14)13-27-21-10-18-6-4-3-5-17(18)9-19(21)22(25)23-11-16-7-8-26-12-16/h3-6,9-10,16H,7-8,11-13H2,1-2H3,(H,23,25). The summed E-state index contributed by atoms with van der Waals surface area (Å²) in [5, 5.41) is 9.02. The first-order chi connectivity index (χ1) is 13.6. The molecule has 1 N–H and O–H groups in total. The lowest BCUT2D eigenvalue weighted by molar-refractivity contribution is 0.0940. The number of carbonyl (C=O) groups excluding carboxylic acids is 1. The van der Waals surface area contributed by atoms with E-state index in [1.54, 1.807) is 0 Å². The maximum atomic E-state index is 12.9. The number of carbonyl (C=O) groups is 1. The number of nitrogens with zero attached hydrogens (tertiary/aromatic N) is 1. The summed E-state index contributed by atoms with van der Waals surface area (Å²) < 4.78 is 16.7. The minimum absolute atomic E-state index is 0.133. The highest BCUT2D eigenvalue weighted by Crippen LogP contribution is 2.28. The highest BCUT2D eigenvalue weighted by atomic mass is 16.5. The van der Waals surface area contributed by atoms with E-state index in [1.807, 2.05) is 50.2 Å². The Morgan fingerprint density at radius 3 is 2.71 bits per heavy atom. The van der Waals surface area contributed by atoms with E-state index in [4.69, 9.17) is 14.0 Å². The van der Waals surface area contributed by atoms with E-state index in [2.05, 4.69) is 10.5 Å². The van der Waals surface area contributed by atoms with Crippen LogP contribution in [0.3, 0.4) is 0 Å². The molecule has 1 aliphatic rings. The molecule has 0 saturated carbocycles. The smallest absolute Gasteiger partial charge is 0.255 e. The molecule has 146 valence electrons. The van der Waals surface area contributed by atoms with Gasteiger partial charge in [0, 0.05) is 19.1 Å². The molecule has 6 nitrogen and oxygen atoms in total. The van der Waals surface area contributed by atoms with Gasteiger partial charge < -0.3 is 19.3 Å². The van der Waals surface area contributed by atoms with Crippen molar-refractivity contribution in [2.75, 3.05) is 19.8 Å². The monoisotopic (exact) mass is 380 g/mol. The molecule has 1 aliphatic heterocycles. The van der Waals surface area contributed by atoms with Gasteiger partial charge in [-0.3, -0.25) is 4.79 Å². The highest BCUT2D eigenvalue weighted by Gasteiger charge is 2.20. The van der Waals surface area contributed by atoms with E-state index in [0.29, 0.717) is 37.0 Å². The molecule has 4 rings (SSSR count). The van der Waals surface area contributed by atoms with Crippen molar-refractivity contribution in [1.82, 2.24) is 10.5 Å². The molecule has 0 radical (unpaired) electrons. The molecule has 2 aromatic carbocycles. The second kappa shape index (κ2) is 8.02. The third-order valence-corrected chi connectivity index (χ3v) is 5.22. The summed E-state index contributed by atoms with van der Waals surface area (Å²) in [6.07, 6.45) is 0.980. The van der Waals surface area contributed by atoms with Crippen LogP contribution in [0.4, 0.5) is 0 Å². The molecule has 1 aromatic heterocycles. The third kappa shape index (κ3) is 3.87. The minimum Gasteiger partial charge on any atom is -0.488 e. The maximum absolute atomic E-state index is 12.9. The molecule has 1 saturated heterocycles. The molecular formula is C22H24N2O4. The van der Waals surface area contributed by atoms with Crippen LogP contribution in [0.25, 0.3) is 10.8 Å². The first-order valence-electron chi connectivity index (χ1n) is 9.55. The third-order valence-electron chi connectivity index (χ3n) is 5.22. The number of hydrogen-bond donors (Lipinski definition) is 1. The molecular weight excluding hydrogens is 356 g/mol. The molecule has 6 heteroatoms. The van der Waals surface area contributed by atoms with Crippen molar-refractivity contribution in [3.63, 3.8) is 0 Å². The van der Waals surface area contributed by atoms with Gasteiger partial charge in [-0.25, -0.2) is 0 Å². The second-order valence-corrected chi connectivity index (χ2v) is 7.23. The van der Waals surface area contributed by atoms with Gasteiger partial charge in [0.25, 0.3) is 5.91 Å². The second-order valence-electron chi connectivity index (χ2n) is 7.23. The van der Waals surface area contributed by atoms with Gasteiger partial charge in [-0.15, -0.1) is 0 Å². The summed E-state index contributed by atoms with van der Waals surface area (Å²) in [5.41, 5.74) is 2.23. The van der Waals surface area contributed by atoms with Crippen molar-refractivity contribution in [2.45, 2.75) is 26.9 Å². The Balaban J connectivity index is 1.59. The van der Waals surface area contributed by atoms with Crippen molar-refractivity contribution < 1.29 is 18.8 Å². The Hall–Kier alpha value is -2.86. The molecule has 1 fully saturated rings. The van der Waals surface area contributed by atoms with Crippen LogP contribution in [0.5, 0.6) is 5.75 Å². The molecule has 1 amide bonds. The summed E-state index contributed by atoms with van der Waals surface area (Å²) in [7, 11) is 0. The molecule has 1 unspecified atom stereocenters. The summed E-state index contributed by atoms with van der Waals surface area (Å²) >= 11 is 0. The van der Waals surface area contributed by atoms with E-state index in [9.17, 15) is 4.79 Å². The maximum Gasteiger partial charge on any atom is 0.255 e. The SMILES string of the molecule is Cc1noc(C)c1COc1cc2ccccc2cc1C(=O)NCC1CCOC1. The van der Waals surface area contributed by atoms with Crippen LogP contribution in [0.1, 0.15) is 33.8 Å². The Morgan fingerprint density at radius 1 is 1.25 bits per heavy atom. The van der Waals surface area contributed by atoms with Crippen LogP contribution >= 0.6 is 0 Å². The van der Waals surface area contributed by atoms with Crippen LogP contribution in [0, 0.1) is 19.8 Å². The molecule has 0 spiro atoms. The molecule has 3 aromatic rings. The fraction of sp³-hybridized carbons (Fsp3) is 0.364. The lowest BCUT2D eigenvalue weighted by Crippen LogP contribution is -2.29. The zero-order chi connectivity index (χ0) is 19.5. The summed E-state index contributed by atoms with van der Waals surface area (Å²) in [4.78, 5) is 12.9. The molecule has 2 heterocycles. The number of ether oxygens (including phenoxy) is 2. The van der Waals surface area contributed by atoms with Gasteiger partial charge in [0.15, 0.2) is 0 Å². The van der Waals surface area contributed by atoms with Gasteiger partial charge in [-0.1, -0.05) is 29.4 Å². The lowest BCUT2D eigenvalue weighted by atomic mass is 10.0. The predicted molar refractivity (Wildman–Crippen MR) is 106 cm³/mol. The normalized spacial score (nSPS) is 16.4. The number of benzene rings is 2. The van der Waals surface area contributed by atoms with Gasteiger partial charge in [0.05, 0.1) is 23.4 Å². The zero-order valence-electron chi connectivity index (χ0n) is 16.2. The quantitative estimate of drug-likeness (QED) is 0.704. The van der Waals surface area contributed by atoms with E-state index < -0.39 is 0 Å². The average molecular weight is 380 g/mol. The van der Waals surface area contributed by atoms with Crippen molar-refractivity contribution in [2.24, 2.45) is 5.92 Å². The van der Waals surface area contributed by atoms with Crippen LogP contribution in [-0.2, 0) is 11.3 Å². The first kappa shape index (κ1) is 18.5. The zero-order valence-corrected chi connectivity index (χ0v) is 16.2. The largest absolute Gasteiger partial charge is 0.488 e. The van der Waals surface area contributed by atoms with Gasteiger partial charge in [0.2, 0.25) is 0 Å². The van der Waals surface area contributed by atoms with Crippen molar-refractivity contribution in [1.29, 1.82) is 0 Å². The number of aromatic nitrogens is 1. The Kier molecular flexibility index (Phi) is 5.30. The molecule has 0 bridgehead atoms. The Labute approximate surface area is 163 Å². The first-order valence-corrected chi connectivity index (χ1v) is 9.55. The predicted octanol–water partition coefficient (Wildman–Crippen LogP) is 3.79. The highest BCUT2D eigenvalue weighted by molar-refractivity contribution is 6.01. The fourth-order valence-electron chi connectivity index (χ4n) is 3.45. The Morgan fingerprint density at radius 2 is 2.04 bits per heavy atom. The van der Waals surface area contributed by atoms with Crippen molar-refractivity contribution >= 4 is 16.7 Å². The summed E-state index contributed by atoms with van der Waals surface area (Å²) in [6.45, 7) is 6.12. The summed E-state index contributed by atoms with van der Waals surface area (Å²) in [6, 6.07) is 11.7. The topological polar surface area (TPSA) is 73.6 Å². The number of hydrogen-bond acceptors (Lipinski definition) is 5. The number of nitrogens with one attached hydrogen (secondary N) is 1. The number of fused-ring (bicyclic) bond motifs is 1. The van der Waals surface area contributed by atoms with E-state index in [1.165, 1.54) is 0 Å². The number of rotatable bonds is 6. The van der Waals surface area contributed by atoms with Crippen LogP contribution in [0.2, 0.25) is 0 Å². The molecule has 0 aliphatic carbocycles. The number of amides is 1. The van der Waals surface area contributed by atoms with Crippen molar-refractivity contribution in [3.8, 4) is 5.75 Å². The Bertz CT molecular complexity index is 970. The minimum atomic E-state index is -0.133.